The molecule has 0 aromatic carbocycles. The van der Waals surface area contributed by atoms with Crippen LogP contribution in [0.15, 0.2) is 0 Å². The summed E-state index contributed by atoms with van der Waals surface area (Å²) in [4.78, 5) is 0. The molecule has 0 bridgehead atoms. The van der Waals surface area contributed by atoms with Crippen LogP contribution < -0.4 is 5.73 Å². The van der Waals surface area contributed by atoms with E-state index in [1.165, 1.54) is 12.8 Å². The van der Waals surface area contributed by atoms with Crippen LogP contribution in [0.2, 0.25) is 0 Å². The van der Waals surface area contributed by atoms with Gasteiger partial charge in [0.1, 0.15) is 0 Å². The van der Waals surface area contributed by atoms with Crippen LogP contribution in [-0.4, -0.2) is 32.0 Å². The molecule has 15 heavy (non-hydrogen) atoms. The Kier molecular flexibility index (Phi) is 4.42. The van der Waals surface area contributed by atoms with E-state index in [9.17, 15) is 0 Å². The summed E-state index contributed by atoms with van der Waals surface area (Å²) in [6, 6.07) is 0.424. The van der Waals surface area contributed by atoms with E-state index in [2.05, 4.69) is 0 Å². The van der Waals surface area contributed by atoms with Crippen LogP contribution in [0.1, 0.15) is 38.5 Å². The van der Waals surface area contributed by atoms with Crippen LogP contribution in [-0.2, 0) is 9.47 Å². The fourth-order valence-electron chi connectivity index (χ4n) is 2.44. The summed E-state index contributed by atoms with van der Waals surface area (Å²) in [7, 11) is 0. The van der Waals surface area contributed by atoms with Crippen molar-refractivity contribution in [2.24, 2.45) is 11.7 Å². The van der Waals surface area contributed by atoms with Crippen molar-refractivity contribution in [3.63, 3.8) is 0 Å². The first-order chi connectivity index (χ1) is 7.34. The molecule has 0 unspecified atom stereocenters. The van der Waals surface area contributed by atoms with Gasteiger partial charge in [-0.15, -0.1) is 0 Å². The Labute approximate surface area is 92.3 Å². The highest BCUT2D eigenvalue weighted by Crippen LogP contribution is 2.22. The molecule has 3 nitrogen and oxygen atoms in total. The Hall–Kier alpha value is -0.120. The van der Waals surface area contributed by atoms with E-state index >= 15 is 0 Å². The maximum Gasteiger partial charge on any atom is 0.0576 e. The maximum atomic E-state index is 5.96. The van der Waals surface area contributed by atoms with Crippen LogP contribution in [0.5, 0.6) is 0 Å². The zero-order valence-corrected chi connectivity index (χ0v) is 9.49. The summed E-state index contributed by atoms with van der Waals surface area (Å²) in [6.45, 7) is 2.77. The van der Waals surface area contributed by atoms with Gasteiger partial charge in [0.15, 0.2) is 0 Å². The lowest BCUT2D eigenvalue weighted by Gasteiger charge is -2.29. The molecule has 1 saturated heterocycles. The average Bonchev–Trinajstić information content (AvgIpc) is 2.30. The molecule has 1 aliphatic carbocycles. The second-order valence-electron chi connectivity index (χ2n) is 4.93. The Morgan fingerprint density at radius 2 is 1.67 bits per heavy atom. The molecule has 1 heterocycles. The van der Waals surface area contributed by atoms with Gasteiger partial charge in [-0.2, -0.15) is 0 Å². The van der Waals surface area contributed by atoms with Gasteiger partial charge in [0.05, 0.1) is 6.10 Å². The third-order valence-electron chi connectivity index (χ3n) is 3.63. The maximum absolute atomic E-state index is 5.96. The number of ether oxygens (including phenoxy) is 2. The average molecular weight is 213 g/mol. The lowest BCUT2D eigenvalue weighted by atomic mass is 9.93. The first kappa shape index (κ1) is 11.4. The number of nitrogens with two attached hydrogens (primary N) is 1. The highest BCUT2D eigenvalue weighted by atomic mass is 16.5. The fraction of sp³-hybridized carbons (Fsp3) is 1.00. The third kappa shape index (κ3) is 3.74. The minimum Gasteiger partial charge on any atom is -0.381 e. The fourth-order valence-corrected chi connectivity index (χ4v) is 2.44. The molecule has 1 aliphatic heterocycles. The second-order valence-corrected chi connectivity index (χ2v) is 4.93. The van der Waals surface area contributed by atoms with Crippen molar-refractivity contribution >= 4 is 0 Å². The molecule has 0 atom stereocenters. The molecule has 2 rings (SSSR count). The van der Waals surface area contributed by atoms with Gasteiger partial charge in [-0.05, 0) is 44.4 Å². The lowest BCUT2D eigenvalue weighted by molar-refractivity contribution is -0.0243. The quantitative estimate of drug-likeness (QED) is 0.776. The van der Waals surface area contributed by atoms with Crippen LogP contribution in [0.25, 0.3) is 0 Å². The molecule has 88 valence electrons. The molecule has 2 fully saturated rings. The molecular formula is C12H23NO2. The summed E-state index contributed by atoms with van der Waals surface area (Å²) < 4.78 is 11.3. The normalized spacial score (nSPS) is 34.2. The molecule has 3 heteroatoms. The molecule has 0 spiro atoms. The molecule has 1 saturated carbocycles. The van der Waals surface area contributed by atoms with Crippen molar-refractivity contribution in [2.45, 2.75) is 50.7 Å². The van der Waals surface area contributed by atoms with E-state index < -0.39 is 0 Å². The highest BCUT2D eigenvalue weighted by molar-refractivity contribution is 4.75. The first-order valence-corrected chi connectivity index (χ1v) is 6.29. The van der Waals surface area contributed by atoms with Crippen molar-refractivity contribution in [3.8, 4) is 0 Å². The zero-order valence-electron chi connectivity index (χ0n) is 9.49. The number of hydrogen-bond acceptors (Lipinski definition) is 3. The van der Waals surface area contributed by atoms with E-state index in [0.29, 0.717) is 12.1 Å². The summed E-state index contributed by atoms with van der Waals surface area (Å²) in [6.07, 6.45) is 7.41. The van der Waals surface area contributed by atoms with Crippen LogP contribution in [0.3, 0.4) is 0 Å². The minimum absolute atomic E-state index is 0.424. The lowest BCUT2D eigenvalue weighted by Crippen LogP contribution is -2.31. The molecule has 0 amide bonds. The van der Waals surface area contributed by atoms with Gasteiger partial charge in [0.2, 0.25) is 0 Å². The molecule has 0 aromatic rings. The summed E-state index contributed by atoms with van der Waals surface area (Å²) in [5.41, 5.74) is 5.86. The first-order valence-electron chi connectivity index (χ1n) is 6.29. The van der Waals surface area contributed by atoms with Crippen LogP contribution in [0, 0.1) is 5.92 Å². The van der Waals surface area contributed by atoms with Gasteiger partial charge in [0, 0.05) is 25.9 Å². The molecule has 0 radical (unpaired) electrons. The Bertz CT molecular complexity index is 172. The van der Waals surface area contributed by atoms with Crippen molar-refractivity contribution in [2.75, 3.05) is 19.8 Å². The predicted octanol–water partition coefficient (Wildman–Crippen LogP) is 1.70. The SMILES string of the molecule is N[C@H]1CC[C@H](OCC2CCOCC2)CC1. The number of hydrogen-bond donors (Lipinski definition) is 1. The van der Waals surface area contributed by atoms with Gasteiger partial charge in [-0.25, -0.2) is 0 Å². The van der Waals surface area contributed by atoms with Gasteiger partial charge in [-0.1, -0.05) is 0 Å². The third-order valence-corrected chi connectivity index (χ3v) is 3.63. The van der Waals surface area contributed by atoms with E-state index in [4.69, 9.17) is 15.2 Å². The Morgan fingerprint density at radius 1 is 1.00 bits per heavy atom. The molecule has 2 N–H and O–H groups in total. The predicted molar refractivity (Wildman–Crippen MR) is 59.7 cm³/mol. The van der Waals surface area contributed by atoms with Crippen LogP contribution in [0.4, 0.5) is 0 Å². The van der Waals surface area contributed by atoms with E-state index in [1.54, 1.807) is 0 Å². The largest absolute Gasteiger partial charge is 0.381 e. The topological polar surface area (TPSA) is 44.5 Å². The summed E-state index contributed by atoms with van der Waals surface area (Å²) >= 11 is 0. The Balaban J connectivity index is 1.60. The molecule has 0 aromatic heterocycles. The van der Waals surface area contributed by atoms with Crippen LogP contribution >= 0.6 is 0 Å². The zero-order chi connectivity index (χ0) is 10.5. The summed E-state index contributed by atoms with van der Waals surface area (Å²) in [5, 5.41) is 0. The van der Waals surface area contributed by atoms with Crippen molar-refractivity contribution in [3.05, 3.63) is 0 Å². The summed E-state index contributed by atoms with van der Waals surface area (Å²) in [5.74, 6) is 0.731. The number of rotatable bonds is 3. The van der Waals surface area contributed by atoms with E-state index in [1.807, 2.05) is 0 Å². The Morgan fingerprint density at radius 3 is 2.33 bits per heavy atom. The van der Waals surface area contributed by atoms with Crippen molar-refractivity contribution in [1.29, 1.82) is 0 Å². The van der Waals surface area contributed by atoms with E-state index in [-0.39, 0.29) is 0 Å². The standard InChI is InChI=1S/C12H23NO2/c13-11-1-3-12(4-2-11)15-9-10-5-7-14-8-6-10/h10-12H,1-9,13H2/t11-,12-. The minimum atomic E-state index is 0.424. The highest BCUT2D eigenvalue weighted by Gasteiger charge is 2.21. The van der Waals surface area contributed by atoms with E-state index in [0.717, 1.165) is 51.4 Å². The smallest absolute Gasteiger partial charge is 0.0576 e. The van der Waals surface area contributed by atoms with Crippen molar-refractivity contribution in [1.82, 2.24) is 0 Å². The monoisotopic (exact) mass is 213 g/mol. The second kappa shape index (κ2) is 5.83. The van der Waals surface area contributed by atoms with Gasteiger partial charge >= 0.3 is 0 Å². The molecule has 2 aliphatic rings. The van der Waals surface area contributed by atoms with Gasteiger partial charge in [0.25, 0.3) is 0 Å². The molecular weight excluding hydrogens is 190 g/mol. The van der Waals surface area contributed by atoms with Crippen molar-refractivity contribution < 1.29 is 9.47 Å². The van der Waals surface area contributed by atoms with Gasteiger partial charge in [-0.3, -0.25) is 0 Å². The van der Waals surface area contributed by atoms with Gasteiger partial charge < -0.3 is 15.2 Å².